The molecule has 166 valence electrons. The summed E-state index contributed by atoms with van der Waals surface area (Å²) in [5.41, 5.74) is 2.63. The van der Waals surface area contributed by atoms with Gasteiger partial charge in [-0.25, -0.2) is 4.79 Å². The Hall–Kier alpha value is -3.61. The maximum atomic E-state index is 12.6. The van der Waals surface area contributed by atoms with E-state index in [0.717, 1.165) is 47.8 Å². The molecule has 1 aliphatic carbocycles. The summed E-state index contributed by atoms with van der Waals surface area (Å²) in [4.78, 5) is 36.4. The highest BCUT2D eigenvalue weighted by atomic mass is 16.5. The van der Waals surface area contributed by atoms with Gasteiger partial charge in [0.1, 0.15) is 11.3 Å². The summed E-state index contributed by atoms with van der Waals surface area (Å²) in [7, 11) is 0. The van der Waals surface area contributed by atoms with Gasteiger partial charge in [0.15, 0.2) is 6.10 Å². The molecule has 7 nitrogen and oxygen atoms in total. The van der Waals surface area contributed by atoms with Crippen molar-refractivity contribution in [1.82, 2.24) is 5.32 Å². The number of rotatable bonds is 7. The fourth-order valence-electron chi connectivity index (χ4n) is 4.09. The standard InChI is InChI=1S/C25H25NO6/c1-15(23(27)26-21(24(28)29)13-16-7-3-2-4-8-16)31-17-11-12-19-18-9-5-6-10-20(18)25(30)32-22(19)14-17/h2-4,7-8,11-12,14-15,21H,5-6,9-10,13H2,1H3,(H,26,27)(H,28,29)/p-1/t15-,21-/m0/s1. The molecular weight excluding hydrogens is 410 g/mol. The monoisotopic (exact) mass is 434 g/mol. The normalized spacial score (nSPS) is 14.9. The zero-order valence-corrected chi connectivity index (χ0v) is 17.8. The van der Waals surface area contributed by atoms with Gasteiger partial charge in [0.2, 0.25) is 0 Å². The number of aryl methyl sites for hydroxylation is 1. The van der Waals surface area contributed by atoms with E-state index in [1.165, 1.54) is 6.92 Å². The van der Waals surface area contributed by atoms with Crippen molar-refractivity contribution < 1.29 is 23.8 Å². The molecule has 2 atom stereocenters. The van der Waals surface area contributed by atoms with E-state index >= 15 is 0 Å². The molecule has 1 N–H and O–H groups in total. The number of hydrogen-bond donors (Lipinski definition) is 1. The molecule has 2 aromatic carbocycles. The molecule has 3 aromatic rings. The second kappa shape index (κ2) is 9.26. The van der Waals surface area contributed by atoms with Crippen LogP contribution >= 0.6 is 0 Å². The maximum Gasteiger partial charge on any atom is 0.339 e. The molecule has 7 heteroatoms. The highest BCUT2D eigenvalue weighted by molar-refractivity contribution is 5.86. The van der Waals surface area contributed by atoms with Crippen LogP contribution in [-0.4, -0.2) is 24.0 Å². The van der Waals surface area contributed by atoms with E-state index in [1.807, 2.05) is 12.1 Å². The minimum Gasteiger partial charge on any atom is -0.548 e. The summed E-state index contributed by atoms with van der Waals surface area (Å²) in [6.07, 6.45) is 2.72. The first-order valence-electron chi connectivity index (χ1n) is 10.7. The van der Waals surface area contributed by atoms with Crippen molar-refractivity contribution in [3.63, 3.8) is 0 Å². The number of aliphatic carboxylic acids is 1. The van der Waals surface area contributed by atoms with E-state index in [2.05, 4.69) is 5.32 Å². The molecule has 0 unspecified atom stereocenters. The third-order valence-corrected chi connectivity index (χ3v) is 5.76. The summed E-state index contributed by atoms with van der Waals surface area (Å²) >= 11 is 0. The third kappa shape index (κ3) is 4.66. The quantitative estimate of drug-likeness (QED) is 0.569. The van der Waals surface area contributed by atoms with Gasteiger partial charge < -0.3 is 24.4 Å². The molecule has 0 radical (unpaired) electrons. The van der Waals surface area contributed by atoms with Gasteiger partial charge in [0, 0.05) is 17.0 Å². The van der Waals surface area contributed by atoms with Crippen LogP contribution in [0, 0.1) is 0 Å². The van der Waals surface area contributed by atoms with E-state index in [9.17, 15) is 19.5 Å². The van der Waals surface area contributed by atoms with Crippen molar-refractivity contribution in [2.75, 3.05) is 0 Å². The van der Waals surface area contributed by atoms with Crippen LogP contribution in [0.5, 0.6) is 5.75 Å². The van der Waals surface area contributed by atoms with Crippen molar-refractivity contribution in [2.24, 2.45) is 0 Å². The topological polar surface area (TPSA) is 109 Å². The fourth-order valence-corrected chi connectivity index (χ4v) is 4.09. The molecule has 1 amide bonds. The van der Waals surface area contributed by atoms with Gasteiger partial charge in [0.25, 0.3) is 5.91 Å². The van der Waals surface area contributed by atoms with Gasteiger partial charge in [-0.1, -0.05) is 30.3 Å². The first-order valence-corrected chi connectivity index (χ1v) is 10.7. The van der Waals surface area contributed by atoms with Crippen LogP contribution < -0.4 is 20.8 Å². The molecule has 1 heterocycles. The Kier molecular flexibility index (Phi) is 6.25. The predicted molar refractivity (Wildman–Crippen MR) is 116 cm³/mol. The Morgan fingerprint density at radius 3 is 2.53 bits per heavy atom. The van der Waals surface area contributed by atoms with Gasteiger partial charge >= 0.3 is 5.63 Å². The SMILES string of the molecule is C[C@H](Oc1ccc2c3c(c(=O)oc2c1)CCCC3)C(=O)N[C@@H](Cc1ccccc1)C(=O)[O-]. The Morgan fingerprint density at radius 1 is 1.09 bits per heavy atom. The Morgan fingerprint density at radius 2 is 1.81 bits per heavy atom. The number of carboxylic acid groups (broad SMARTS) is 1. The fraction of sp³-hybridized carbons (Fsp3) is 0.320. The number of nitrogens with one attached hydrogen (secondary N) is 1. The van der Waals surface area contributed by atoms with Crippen molar-refractivity contribution in [2.45, 2.75) is 51.2 Å². The number of ether oxygens (including phenoxy) is 1. The molecule has 0 saturated heterocycles. The van der Waals surface area contributed by atoms with Gasteiger partial charge in [-0.05, 0) is 62.3 Å². The Balaban J connectivity index is 1.47. The highest BCUT2D eigenvalue weighted by Gasteiger charge is 2.22. The number of carbonyl (C=O) groups is 2. The van der Waals surface area contributed by atoms with Crippen LogP contribution in [0.15, 0.2) is 57.7 Å². The maximum absolute atomic E-state index is 12.6. The lowest BCUT2D eigenvalue weighted by molar-refractivity contribution is -0.308. The lowest BCUT2D eigenvalue weighted by Crippen LogP contribution is -2.52. The molecule has 4 rings (SSSR count). The molecule has 1 aromatic heterocycles. The Labute approximate surface area is 185 Å². The molecule has 32 heavy (non-hydrogen) atoms. The first kappa shape index (κ1) is 21.6. The van der Waals surface area contributed by atoms with Crippen LogP contribution in [0.2, 0.25) is 0 Å². The Bertz CT molecular complexity index is 1200. The third-order valence-electron chi connectivity index (χ3n) is 5.76. The van der Waals surface area contributed by atoms with Crippen LogP contribution in [0.3, 0.4) is 0 Å². The molecule has 0 bridgehead atoms. The van der Waals surface area contributed by atoms with Crippen molar-refractivity contribution in [3.8, 4) is 5.75 Å². The summed E-state index contributed by atoms with van der Waals surface area (Å²) < 4.78 is 11.2. The van der Waals surface area contributed by atoms with Crippen molar-refractivity contribution >= 4 is 22.8 Å². The lowest BCUT2D eigenvalue weighted by Gasteiger charge is -2.22. The van der Waals surface area contributed by atoms with Crippen LogP contribution in [0.1, 0.15) is 36.5 Å². The average Bonchev–Trinajstić information content (AvgIpc) is 2.79. The molecule has 0 aliphatic heterocycles. The van der Waals surface area contributed by atoms with Gasteiger partial charge in [-0.15, -0.1) is 0 Å². The van der Waals surface area contributed by atoms with Crippen LogP contribution in [0.4, 0.5) is 0 Å². The van der Waals surface area contributed by atoms with Crippen molar-refractivity contribution in [3.05, 3.63) is 75.6 Å². The first-order chi connectivity index (χ1) is 15.4. The highest BCUT2D eigenvalue weighted by Crippen LogP contribution is 2.29. The largest absolute Gasteiger partial charge is 0.548 e. The number of amides is 1. The minimum absolute atomic E-state index is 0.105. The molecule has 0 fully saturated rings. The van der Waals surface area contributed by atoms with E-state index in [-0.39, 0.29) is 12.0 Å². The number of carbonyl (C=O) groups excluding carboxylic acids is 2. The van der Waals surface area contributed by atoms with Crippen LogP contribution in [-0.2, 0) is 28.9 Å². The zero-order chi connectivity index (χ0) is 22.7. The lowest BCUT2D eigenvalue weighted by atomic mass is 9.91. The number of fused-ring (bicyclic) bond motifs is 3. The smallest absolute Gasteiger partial charge is 0.339 e. The molecule has 0 saturated carbocycles. The van der Waals surface area contributed by atoms with Gasteiger partial charge in [-0.3, -0.25) is 4.79 Å². The zero-order valence-electron chi connectivity index (χ0n) is 17.8. The summed E-state index contributed by atoms with van der Waals surface area (Å²) in [5.74, 6) is -1.60. The van der Waals surface area contributed by atoms with Crippen LogP contribution in [0.25, 0.3) is 11.0 Å². The van der Waals surface area contributed by atoms with E-state index in [0.29, 0.717) is 11.3 Å². The number of benzene rings is 2. The van der Waals surface area contributed by atoms with E-state index < -0.39 is 24.0 Å². The number of hydrogen-bond acceptors (Lipinski definition) is 6. The van der Waals surface area contributed by atoms with Crippen molar-refractivity contribution in [1.29, 1.82) is 0 Å². The number of carboxylic acids is 1. The summed E-state index contributed by atoms with van der Waals surface area (Å²) in [6, 6.07) is 12.9. The average molecular weight is 434 g/mol. The summed E-state index contributed by atoms with van der Waals surface area (Å²) in [6.45, 7) is 1.53. The second-order valence-corrected chi connectivity index (χ2v) is 8.04. The predicted octanol–water partition coefficient (Wildman–Crippen LogP) is 1.92. The molecule has 0 spiro atoms. The minimum atomic E-state index is -1.37. The van der Waals surface area contributed by atoms with E-state index in [4.69, 9.17) is 9.15 Å². The summed E-state index contributed by atoms with van der Waals surface area (Å²) in [5, 5.41) is 14.9. The molecule has 1 aliphatic rings. The molecular formula is C25H24NO6-. The van der Waals surface area contributed by atoms with Gasteiger partial charge in [0.05, 0.1) is 12.0 Å². The van der Waals surface area contributed by atoms with Gasteiger partial charge in [-0.2, -0.15) is 0 Å². The van der Waals surface area contributed by atoms with E-state index in [1.54, 1.807) is 36.4 Å². The second-order valence-electron chi connectivity index (χ2n) is 8.04.